The maximum Gasteiger partial charge on any atom is 0.102 e. The van der Waals surface area contributed by atoms with E-state index in [1.165, 1.54) is 96.3 Å². The van der Waals surface area contributed by atoms with Gasteiger partial charge in [-0.15, -0.1) is 0 Å². The van der Waals surface area contributed by atoms with E-state index < -0.39 is 0 Å². The van der Waals surface area contributed by atoms with Gasteiger partial charge in [0.2, 0.25) is 0 Å². The molecular formula is C23H45N3. The Morgan fingerprint density at radius 3 is 2.08 bits per heavy atom. The van der Waals surface area contributed by atoms with Gasteiger partial charge in [0.05, 0.1) is 0 Å². The fraction of sp³-hybridized carbons (Fsp3) is 0.870. The normalized spacial score (nSPS) is 17.7. The van der Waals surface area contributed by atoms with E-state index in [1.807, 2.05) is 0 Å². The standard InChI is InChI=1S/C23H45N3/c1-2-3-4-5-6-7-8-9-10-11-12-13-14-15-16-17-18-23-25-20-22-26(23)21-19-24/h5-6,20,23H,2-4,7-19,21-22,24H2,1H3/b6-5+. The Bertz CT molecular complexity index is 351. The second-order valence-electron chi connectivity index (χ2n) is 7.82. The zero-order chi connectivity index (χ0) is 18.7. The van der Waals surface area contributed by atoms with Crippen LogP contribution in [0.3, 0.4) is 0 Å². The summed E-state index contributed by atoms with van der Waals surface area (Å²) >= 11 is 0. The van der Waals surface area contributed by atoms with Crippen LogP contribution in [0.1, 0.15) is 103 Å². The Kier molecular flexibility index (Phi) is 15.9. The summed E-state index contributed by atoms with van der Waals surface area (Å²) in [5.41, 5.74) is 5.66. The molecule has 0 fully saturated rings. The highest BCUT2D eigenvalue weighted by molar-refractivity contribution is 5.62. The van der Waals surface area contributed by atoms with Crippen molar-refractivity contribution in [3.05, 3.63) is 12.2 Å². The molecule has 1 heterocycles. The van der Waals surface area contributed by atoms with Crippen LogP contribution in [0.4, 0.5) is 0 Å². The van der Waals surface area contributed by atoms with Crippen LogP contribution < -0.4 is 5.73 Å². The molecule has 3 heteroatoms. The highest BCUT2D eigenvalue weighted by Gasteiger charge is 2.19. The quantitative estimate of drug-likeness (QED) is 0.237. The SMILES string of the molecule is CCCC/C=C/CCCCCCCCCCCCC1N=CCN1CCN. The van der Waals surface area contributed by atoms with Gasteiger partial charge in [0.1, 0.15) is 6.17 Å². The Hall–Kier alpha value is -0.670. The molecule has 0 aromatic rings. The third-order valence-electron chi connectivity index (χ3n) is 5.41. The second kappa shape index (κ2) is 17.7. The first-order chi connectivity index (χ1) is 12.9. The van der Waals surface area contributed by atoms with Crippen LogP contribution in [0.15, 0.2) is 17.1 Å². The lowest BCUT2D eigenvalue weighted by Gasteiger charge is -2.21. The van der Waals surface area contributed by atoms with E-state index in [0.29, 0.717) is 6.17 Å². The van der Waals surface area contributed by atoms with Crippen LogP contribution in [-0.2, 0) is 0 Å². The van der Waals surface area contributed by atoms with Crippen molar-refractivity contribution < 1.29 is 0 Å². The molecule has 1 aliphatic rings. The number of nitrogens with two attached hydrogens (primary N) is 1. The molecule has 1 unspecified atom stereocenters. The van der Waals surface area contributed by atoms with Gasteiger partial charge in [-0.05, 0) is 32.1 Å². The molecule has 0 saturated heterocycles. The van der Waals surface area contributed by atoms with Gasteiger partial charge in [-0.3, -0.25) is 9.89 Å². The van der Waals surface area contributed by atoms with E-state index in [1.54, 1.807) is 0 Å². The number of unbranched alkanes of at least 4 members (excludes halogenated alkanes) is 12. The average Bonchev–Trinajstić information content (AvgIpc) is 3.09. The van der Waals surface area contributed by atoms with Crippen molar-refractivity contribution in [2.45, 2.75) is 109 Å². The molecule has 1 aliphatic heterocycles. The number of nitrogens with zero attached hydrogens (tertiary/aromatic N) is 2. The molecule has 0 spiro atoms. The minimum atomic E-state index is 0.417. The minimum Gasteiger partial charge on any atom is -0.329 e. The molecule has 1 rings (SSSR count). The molecule has 1 atom stereocenters. The van der Waals surface area contributed by atoms with Crippen molar-refractivity contribution in [1.29, 1.82) is 0 Å². The number of hydrogen-bond donors (Lipinski definition) is 1. The molecule has 0 amide bonds. The molecule has 3 nitrogen and oxygen atoms in total. The summed E-state index contributed by atoms with van der Waals surface area (Å²) in [4.78, 5) is 6.99. The first-order valence-electron chi connectivity index (χ1n) is 11.5. The molecule has 2 N–H and O–H groups in total. The first-order valence-corrected chi connectivity index (χ1v) is 11.5. The lowest BCUT2D eigenvalue weighted by molar-refractivity contribution is 0.241. The van der Waals surface area contributed by atoms with Crippen molar-refractivity contribution >= 4 is 6.21 Å². The molecular weight excluding hydrogens is 318 g/mol. The first kappa shape index (κ1) is 23.4. The number of rotatable bonds is 18. The zero-order valence-electron chi connectivity index (χ0n) is 17.5. The van der Waals surface area contributed by atoms with Gasteiger partial charge in [0.15, 0.2) is 0 Å². The number of hydrogen-bond acceptors (Lipinski definition) is 3. The van der Waals surface area contributed by atoms with Crippen molar-refractivity contribution in [3.63, 3.8) is 0 Å². The summed E-state index contributed by atoms with van der Waals surface area (Å²) < 4.78 is 0. The maximum absolute atomic E-state index is 5.66. The summed E-state index contributed by atoms with van der Waals surface area (Å²) in [5.74, 6) is 0. The van der Waals surface area contributed by atoms with Crippen LogP contribution in [-0.4, -0.2) is 36.9 Å². The van der Waals surface area contributed by atoms with E-state index >= 15 is 0 Å². The molecule has 0 bridgehead atoms. The predicted octanol–water partition coefficient (Wildman–Crippen LogP) is 6.09. The van der Waals surface area contributed by atoms with Crippen LogP contribution in [0.25, 0.3) is 0 Å². The molecule has 26 heavy (non-hydrogen) atoms. The Morgan fingerprint density at radius 1 is 0.885 bits per heavy atom. The van der Waals surface area contributed by atoms with E-state index in [4.69, 9.17) is 5.73 Å². The van der Waals surface area contributed by atoms with Crippen molar-refractivity contribution in [1.82, 2.24) is 4.90 Å². The molecule has 0 aromatic carbocycles. The van der Waals surface area contributed by atoms with E-state index in [9.17, 15) is 0 Å². The highest BCUT2D eigenvalue weighted by atomic mass is 15.3. The fourth-order valence-corrected chi connectivity index (χ4v) is 3.71. The second-order valence-corrected chi connectivity index (χ2v) is 7.82. The lowest BCUT2D eigenvalue weighted by Crippen LogP contribution is -2.34. The van der Waals surface area contributed by atoms with Crippen molar-refractivity contribution in [2.75, 3.05) is 19.6 Å². The molecule has 0 aliphatic carbocycles. The lowest BCUT2D eigenvalue weighted by atomic mass is 10.0. The highest BCUT2D eigenvalue weighted by Crippen LogP contribution is 2.16. The van der Waals surface area contributed by atoms with Gasteiger partial charge in [-0.25, -0.2) is 0 Å². The summed E-state index contributed by atoms with van der Waals surface area (Å²) in [6.07, 6.45) is 27.7. The van der Waals surface area contributed by atoms with E-state index in [2.05, 4.69) is 35.2 Å². The number of aliphatic imine (C=N–C) groups is 1. The van der Waals surface area contributed by atoms with Gasteiger partial charge in [-0.1, -0.05) is 83.3 Å². The Labute approximate surface area is 163 Å². The Balaban J connectivity index is 1.77. The van der Waals surface area contributed by atoms with E-state index in [-0.39, 0.29) is 0 Å². The van der Waals surface area contributed by atoms with E-state index in [0.717, 1.165) is 19.6 Å². The smallest absolute Gasteiger partial charge is 0.102 e. The Morgan fingerprint density at radius 2 is 1.46 bits per heavy atom. The van der Waals surface area contributed by atoms with Crippen molar-refractivity contribution in [3.8, 4) is 0 Å². The zero-order valence-corrected chi connectivity index (χ0v) is 17.5. The van der Waals surface area contributed by atoms with Gasteiger partial charge in [0, 0.05) is 25.8 Å². The van der Waals surface area contributed by atoms with Crippen LogP contribution in [0.5, 0.6) is 0 Å². The van der Waals surface area contributed by atoms with Crippen molar-refractivity contribution in [2.24, 2.45) is 10.7 Å². The largest absolute Gasteiger partial charge is 0.329 e. The maximum atomic E-state index is 5.66. The molecule has 0 radical (unpaired) electrons. The summed E-state index contributed by atoms with van der Waals surface area (Å²) in [6.45, 7) is 4.99. The monoisotopic (exact) mass is 363 g/mol. The molecule has 0 saturated carbocycles. The average molecular weight is 364 g/mol. The van der Waals surface area contributed by atoms with Gasteiger partial charge in [0.25, 0.3) is 0 Å². The van der Waals surface area contributed by atoms with Gasteiger partial charge < -0.3 is 5.73 Å². The summed E-state index contributed by atoms with van der Waals surface area (Å²) in [7, 11) is 0. The predicted molar refractivity (Wildman–Crippen MR) is 117 cm³/mol. The summed E-state index contributed by atoms with van der Waals surface area (Å²) in [6, 6.07) is 0. The van der Waals surface area contributed by atoms with Gasteiger partial charge in [-0.2, -0.15) is 0 Å². The third-order valence-corrected chi connectivity index (χ3v) is 5.41. The topological polar surface area (TPSA) is 41.6 Å². The van der Waals surface area contributed by atoms with Crippen LogP contribution in [0.2, 0.25) is 0 Å². The molecule has 152 valence electrons. The molecule has 0 aromatic heterocycles. The van der Waals surface area contributed by atoms with Gasteiger partial charge >= 0.3 is 0 Å². The summed E-state index contributed by atoms with van der Waals surface area (Å²) in [5, 5.41) is 0. The van der Waals surface area contributed by atoms with Crippen LogP contribution >= 0.6 is 0 Å². The fourth-order valence-electron chi connectivity index (χ4n) is 3.71. The minimum absolute atomic E-state index is 0.417. The van der Waals surface area contributed by atoms with Crippen LogP contribution in [0, 0.1) is 0 Å². The third kappa shape index (κ3) is 12.6. The number of allylic oxidation sites excluding steroid dienone is 2.